The lowest BCUT2D eigenvalue weighted by Crippen LogP contribution is -2.71. The highest BCUT2D eigenvalue weighted by Crippen LogP contribution is 2.38. The van der Waals surface area contributed by atoms with Crippen LogP contribution in [0.3, 0.4) is 0 Å². The molecule has 1 spiro atoms. The first-order chi connectivity index (χ1) is 11.1. The first kappa shape index (κ1) is 13.8. The van der Waals surface area contributed by atoms with Gasteiger partial charge in [-0.3, -0.25) is 9.47 Å². The van der Waals surface area contributed by atoms with E-state index in [1.165, 1.54) is 5.56 Å². The van der Waals surface area contributed by atoms with E-state index in [-0.39, 0.29) is 0 Å². The van der Waals surface area contributed by atoms with E-state index in [1.54, 1.807) is 0 Å². The summed E-state index contributed by atoms with van der Waals surface area (Å²) in [5.74, 6) is 1.97. The van der Waals surface area contributed by atoms with E-state index < -0.39 is 0 Å². The van der Waals surface area contributed by atoms with Crippen LogP contribution in [0.4, 0.5) is 5.95 Å². The van der Waals surface area contributed by atoms with Gasteiger partial charge in [0.1, 0.15) is 0 Å². The van der Waals surface area contributed by atoms with E-state index in [0.717, 1.165) is 61.8 Å². The van der Waals surface area contributed by atoms with E-state index in [9.17, 15) is 0 Å². The zero-order valence-corrected chi connectivity index (χ0v) is 13.8. The van der Waals surface area contributed by atoms with E-state index in [1.807, 2.05) is 6.07 Å². The summed E-state index contributed by atoms with van der Waals surface area (Å²) in [4.78, 5) is 4.60. The number of nitrogens with zero attached hydrogens (tertiary/aromatic N) is 5. The Labute approximate surface area is 140 Å². The Morgan fingerprint density at radius 1 is 1.17 bits per heavy atom. The first-order valence-electron chi connectivity index (χ1n) is 8.01. The Morgan fingerprint density at radius 3 is 2.74 bits per heavy atom. The lowest BCUT2D eigenvalue weighted by Gasteiger charge is -2.56. The van der Waals surface area contributed by atoms with Gasteiger partial charge in [0.25, 0.3) is 0 Å². The number of aromatic nitrogens is 3. The second kappa shape index (κ2) is 4.69. The van der Waals surface area contributed by atoms with Gasteiger partial charge in [-0.15, -0.1) is 10.2 Å². The highest BCUT2D eigenvalue weighted by Gasteiger charge is 2.49. The summed E-state index contributed by atoms with van der Waals surface area (Å²) in [5.41, 5.74) is 2.85. The summed E-state index contributed by atoms with van der Waals surface area (Å²) >= 11 is 6.21. The normalized spacial score (nSPS) is 22.1. The monoisotopic (exact) mass is 330 g/mol. The predicted octanol–water partition coefficient (Wildman–Crippen LogP) is 1.28. The Balaban J connectivity index is 1.59. The van der Waals surface area contributed by atoms with Gasteiger partial charge in [-0.2, -0.15) is 0 Å². The van der Waals surface area contributed by atoms with Crippen LogP contribution in [0.1, 0.15) is 11.4 Å². The average molecular weight is 331 g/mol. The second-order valence-corrected chi connectivity index (χ2v) is 7.59. The van der Waals surface area contributed by atoms with Crippen LogP contribution in [0.15, 0.2) is 18.2 Å². The molecule has 3 aliphatic heterocycles. The van der Waals surface area contributed by atoms with Crippen molar-refractivity contribution in [2.45, 2.75) is 13.1 Å². The molecule has 2 fully saturated rings. The van der Waals surface area contributed by atoms with Crippen LogP contribution in [0.25, 0.3) is 5.69 Å². The summed E-state index contributed by atoms with van der Waals surface area (Å²) in [5, 5.41) is 13.1. The molecular formula is C16H19ClN6. The first-order valence-corrected chi connectivity index (χ1v) is 8.39. The number of rotatable bonds is 1. The molecule has 23 heavy (non-hydrogen) atoms. The number of hydrogen-bond acceptors (Lipinski definition) is 5. The van der Waals surface area contributed by atoms with Crippen molar-refractivity contribution in [3.63, 3.8) is 0 Å². The van der Waals surface area contributed by atoms with Crippen molar-refractivity contribution in [1.29, 1.82) is 0 Å². The number of anilines is 1. The van der Waals surface area contributed by atoms with Crippen molar-refractivity contribution in [3.05, 3.63) is 34.6 Å². The van der Waals surface area contributed by atoms with Gasteiger partial charge in [-0.05, 0) is 30.8 Å². The van der Waals surface area contributed by atoms with Crippen LogP contribution in [0.2, 0.25) is 5.02 Å². The molecule has 0 saturated carbocycles. The van der Waals surface area contributed by atoms with Crippen LogP contribution < -0.4 is 10.2 Å². The van der Waals surface area contributed by atoms with Gasteiger partial charge in [0, 0.05) is 43.2 Å². The molecule has 5 rings (SSSR count). The highest BCUT2D eigenvalue weighted by atomic mass is 35.5. The molecule has 6 nitrogen and oxygen atoms in total. The maximum absolute atomic E-state index is 6.21. The van der Waals surface area contributed by atoms with Gasteiger partial charge >= 0.3 is 0 Å². The van der Waals surface area contributed by atoms with Crippen LogP contribution in [0, 0.1) is 5.41 Å². The molecule has 4 heterocycles. The molecule has 0 radical (unpaired) electrons. The quantitative estimate of drug-likeness (QED) is 0.853. The van der Waals surface area contributed by atoms with Gasteiger partial charge in [0.15, 0.2) is 5.82 Å². The van der Waals surface area contributed by atoms with Gasteiger partial charge < -0.3 is 10.2 Å². The molecule has 0 unspecified atom stereocenters. The third-order valence-corrected chi connectivity index (χ3v) is 5.42. The largest absolute Gasteiger partial charge is 0.339 e. The third-order valence-electron chi connectivity index (χ3n) is 5.18. The number of halogens is 1. The Morgan fingerprint density at radius 2 is 2.00 bits per heavy atom. The summed E-state index contributed by atoms with van der Waals surface area (Å²) < 4.78 is 2.22. The van der Waals surface area contributed by atoms with Crippen molar-refractivity contribution < 1.29 is 0 Å². The molecule has 3 aliphatic rings. The van der Waals surface area contributed by atoms with Gasteiger partial charge in [-0.25, -0.2) is 0 Å². The molecule has 0 bridgehead atoms. The third kappa shape index (κ3) is 2.02. The number of nitrogens with one attached hydrogen (secondary N) is 1. The van der Waals surface area contributed by atoms with E-state index in [2.05, 4.69) is 49.1 Å². The molecular weight excluding hydrogens is 312 g/mol. The van der Waals surface area contributed by atoms with Gasteiger partial charge in [-0.1, -0.05) is 11.6 Å². The molecule has 2 saturated heterocycles. The van der Waals surface area contributed by atoms with Crippen molar-refractivity contribution in [2.75, 3.05) is 38.1 Å². The minimum atomic E-state index is 0.469. The summed E-state index contributed by atoms with van der Waals surface area (Å²) in [6.07, 6.45) is 0. The maximum atomic E-state index is 6.21. The van der Waals surface area contributed by atoms with Gasteiger partial charge in [0.2, 0.25) is 5.95 Å². The fourth-order valence-electron chi connectivity index (χ4n) is 3.96. The SMILES string of the molecule is CN1Cc2cc(Cl)ccc2-n2c(nnc2N2CC3(CNC3)C2)C1. The minimum absolute atomic E-state index is 0.469. The van der Waals surface area contributed by atoms with Crippen molar-refractivity contribution >= 4 is 17.5 Å². The van der Waals surface area contributed by atoms with Crippen molar-refractivity contribution in [2.24, 2.45) is 5.41 Å². The number of fused-ring (bicyclic) bond motifs is 3. The number of hydrogen-bond donors (Lipinski definition) is 1. The van der Waals surface area contributed by atoms with Gasteiger partial charge in [0.05, 0.1) is 12.2 Å². The van der Waals surface area contributed by atoms with E-state index in [0.29, 0.717) is 5.41 Å². The molecule has 7 heteroatoms. The zero-order valence-electron chi connectivity index (χ0n) is 13.1. The lowest BCUT2D eigenvalue weighted by molar-refractivity contribution is 0.119. The second-order valence-electron chi connectivity index (χ2n) is 7.16. The fraction of sp³-hybridized carbons (Fsp3) is 0.500. The fourth-order valence-corrected chi connectivity index (χ4v) is 4.15. The maximum Gasteiger partial charge on any atom is 0.231 e. The van der Waals surface area contributed by atoms with Crippen molar-refractivity contribution in [1.82, 2.24) is 25.0 Å². The van der Waals surface area contributed by atoms with Crippen molar-refractivity contribution in [3.8, 4) is 5.69 Å². The topological polar surface area (TPSA) is 49.2 Å². The predicted molar refractivity (Wildman–Crippen MR) is 89.1 cm³/mol. The van der Waals surface area contributed by atoms with Crippen LogP contribution in [-0.2, 0) is 13.1 Å². The van der Waals surface area contributed by atoms with Crippen LogP contribution >= 0.6 is 11.6 Å². The Hall–Kier alpha value is -1.63. The Kier molecular flexibility index (Phi) is 2.81. The number of benzene rings is 1. The van der Waals surface area contributed by atoms with Crippen LogP contribution in [-0.4, -0.2) is 52.9 Å². The van der Waals surface area contributed by atoms with E-state index >= 15 is 0 Å². The van der Waals surface area contributed by atoms with E-state index in [4.69, 9.17) is 11.6 Å². The molecule has 1 N–H and O–H groups in total. The standard InChI is InChI=1S/C16H19ClN6/c1-21-5-11-4-12(17)2-3-13(11)23-14(6-21)19-20-15(23)22-9-16(10-22)7-18-8-16/h2-4,18H,5-10H2,1H3. The molecule has 0 amide bonds. The average Bonchev–Trinajstić information content (AvgIpc) is 2.74. The highest BCUT2D eigenvalue weighted by molar-refractivity contribution is 6.30. The zero-order chi connectivity index (χ0) is 15.6. The molecule has 0 aliphatic carbocycles. The molecule has 0 atom stereocenters. The Bertz CT molecular complexity index is 773. The smallest absolute Gasteiger partial charge is 0.231 e. The minimum Gasteiger partial charge on any atom is -0.339 e. The molecule has 120 valence electrons. The summed E-state index contributed by atoms with van der Waals surface area (Å²) in [7, 11) is 2.10. The lowest BCUT2D eigenvalue weighted by atomic mass is 9.75. The molecule has 1 aromatic carbocycles. The molecule has 1 aromatic heterocycles. The van der Waals surface area contributed by atoms with Crippen LogP contribution in [0.5, 0.6) is 0 Å². The summed E-state index contributed by atoms with van der Waals surface area (Å²) in [6.45, 7) is 6.04. The summed E-state index contributed by atoms with van der Waals surface area (Å²) in [6, 6.07) is 6.10. The molecule has 2 aromatic rings.